The van der Waals surface area contributed by atoms with Crippen LogP contribution < -0.4 is 9.62 Å². The SMILES string of the molecule is Cc1ccc(C)c(S(=O)(=O)Nc2ccc(N3CCCCCC3)nn2)c1. The summed E-state index contributed by atoms with van der Waals surface area (Å²) in [6.07, 6.45) is 4.81. The molecule has 7 heteroatoms. The average molecular weight is 360 g/mol. The van der Waals surface area contributed by atoms with Crippen molar-refractivity contribution in [2.75, 3.05) is 22.7 Å². The third kappa shape index (κ3) is 4.28. The Bertz CT molecular complexity index is 827. The fraction of sp³-hybridized carbons (Fsp3) is 0.444. The zero-order chi connectivity index (χ0) is 17.9. The van der Waals surface area contributed by atoms with Gasteiger partial charge in [0.1, 0.15) is 0 Å². The van der Waals surface area contributed by atoms with Gasteiger partial charge in [0, 0.05) is 13.1 Å². The topological polar surface area (TPSA) is 75.2 Å². The van der Waals surface area contributed by atoms with E-state index in [4.69, 9.17) is 0 Å². The van der Waals surface area contributed by atoms with E-state index < -0.39 is 10.0 Å². The fourth-order valence-corrected chi connectivity index (χ4v) is 4.36. The van der Waals surface area contributed by atoms with Crippen molar-refractivity contribution in [1.82, 2.24) is 10.2 Å². The van der Waals surface area contributed by atoms with Gasteiger partial charge in [0.25, 0.3) is 10.0 Å². The lowest BCUT2D eigenvalue weighted by atomic mass is 10.2. The summed E-state index contributed by atoms with van der Waals surface area (Å²) in [5, 5.41) is 8.28. The van der Waals surface area contributed by atoms with Crippen LogP contribution in [-0.4, -0.2) is 31.7 Å². The molecule has 0 amide bonds. The standard InChI is InChI=1S/C18H24N4O2S/c1-14-7-8-15(2)16(13-14)25(23,24)21-17-9-10-18(20-19-17)22-11-5-3-4-6-12-22/h7-10,13H,3-6,11-12H2,1-2H3,(H,19,21). The molecule has 0 spiro atoms. The maximum absolute atomic E-state index is 12.6. The number of anilines is 2. The van der Waals surface area contributed by atoms with Crippen LogP contribution in [0.1, 0.15) is 36.8 Å². The van der Waals surface area contributed by atoms with Crippen LogP contribution in [0.15, 0.2) is 35.2 Å². The number of benzene rings is 1. The van der Waals surface area contributed by atoms with Gasteiger partial charge < -0.3 is 4.90 Å². The first-order chi connectivity index (χ1) is 12.0. The minimum atomic E-state index is -3.68. The monoisotopic (exact) mass is 360 g/mol. The zero-order valence-electron chi connectivity index (χ0n) is 14.7. The van der Waals surface area contributed by atoms with E-state index in [1.807, 2.05) is 19.1 Å². The van der Waals surface area contributed by atoms with Crippen LogP contribution in [0.2, 0.25) is 0 Å². The number of aromatic nitrogens is 2. The van der Waals surface area contributed by atoms with Gasteiger partial charge in [-0.15, -0.1) is 10.2 Å². The van der Waals surface area contributed by atoms with Gasteiger partial charge in [0.15, 0.2) is 11.6 Å². The molecule has 1 aromatic carbocycles. The second-order valence-corrected chi connectivity index (χ2v) is 8.20. The number of nitrogens with zero attached hydrogens (tertiary/aromatic N) is 3. The smallest absolute Gasteiger partial charge is 0.263 e. The number of aryl methyl sites for hydroxylation is 2. The molecule has 1 saturated heterocycles. The van der Waals surface area contributed by atoms with Crippen LogP contribution in [0.3, 0.4) is 0 Å². The van der Waals surface area contributed by atoms with Gasteiger partial charge in [0.2, 0.25) is 0 Å². The Morgan fingerprint density at radius 1 is 0.960 bits per heavy atom. The Morgan fingerprint density at radius 3 is 2.32 bits per heavy atom. The minimum absolute atomic E-state index is 0.236. The summed E-state index contributed by atoms with van der Waals surface area (Å²) in [6.45, 7) is 5.60. The Balaban J connectivity index is 1.77. The van der Waals surface area contributed by atoms with E-state index in [0.29, 0.717) is 5.56 Å². The molecule has 0 saturated carbocycles. The molecule has 0 radical (unpaired) electrons. The third-order valence-corrected chi connectivity index (χ3v) is 5.95. The maximum Gasteiger partial charge on any atom is 0.263 e. The molecule has 6 nitrogen and oxygen atoms in total. The summed E-state index contributed by atoms with van der Waals surface area (Å²) in [5.41, 5.74) is 1.60. The van der Waals surface area contributed by atoms with Crippen molar-refractivity contribution in [1.29, 1.82) is 0 Å². The van der Waals surface area contributed by atoms with Crippen molar-refractivity contribution in [3.8, 4) is 0 Å². The van der Waals surface area contributed by atoms with E-state index in [1.54, 1.807) is 25.1 Å². The highest BCUT2D eigenvalue weighted by Gasteiger charge is 2.18. The van der Waals surface area contributed by atoms with E-state index in [0.717, 1.165) is 37.3 Å². The van der Waals surface area contributed by atoms with Gasteiger partial charge in [-0.25, -0.2) is 8.42 Å². The van der Waals surface area contributed by atoms with Gasteiger partial charge in [-0.2, -0.15) is 0 Å². The van der Waals surface area contributed by atoms with E-state index in [2.05, 4.69) is 19.8 Å². The van der Waals surface area contributed by atoms with E-state index in [9.17, 15) is 8.42 Å². The molecular formula is C18H24N4O2S. The molecule has 1 aliphatic heterocycles. The normalized spacial score (nSPS) is 15.7. The van der Waals surface area contributed by atoms with Crippen LogP contribution >= 0.6 is 0 Å². The molecule has 1 aromatic heterocycles. The Morgan fingerprint density at radius 2 is 1.68 bits per heavy atom. The van der Waals surface area contributed by atoms with E-state index in [-0.39, 0.29) is 10.7 Å². The van der Waals surface area contributed by atoms with Crippen molar-refractivity contribution in [3.05, 3.63) is 41.5 Å². The Hall–Kier alpha value is -2.15. The molecule has 0 atom stereocenters. The second kappa shape index (κ2) is 7.39. The summed E-state index contributed by atoms with van der Waals surface area (Å²) in [7, 11) is -3.68. The first-order valence-electron chi connectivity index (χ1n) is 8.64. The second-order valence-electron chi connectivity index (χ2n) is 6.55. The number of hydrogen-bond acceptors (Lipinski definition) is 5. The lowest BCUT2D eigenvalue weighted by Gasteiger charge is -2.20. The lowest BCUT2D eigenvalue weighted by Crippen LogP contribution is -2.25. The van der Waals surface area contributed by atoms with Gasteiger partial charge in [-0.3, -0.25) is 4.72 Å². The molecule has 0 bridgehead atoms. The molecule has 2 aromatic rings. The predicted octanol–water partition coefficient (Wildman–Crippen LogP) is 3.27. The van der Waals surface area contributed by atoms with Crippen molar-refractivity contribution < 1.29 is 8.42 Å². The van der Waals surface area contributed by atoms with Gasteiger partial charge in [-0.1, -0.05) is 25.0 Å². The van der Waals surface area contributed by atoms with Gasteiger partial charge in [0.05, 0.1) is 4.90 Å². The number of sulfonamides is 1. The van der Waals surface area contributed by atoms with Gasteiger partial charge >= 0.3 is 0 Å². The van der Waals surface area contributed by atoms with E-state index in [1.165, 1.54) is 12.8 Å². The molecule has 0 aliphatic carbocycles. The highest BCUT2D eigenvalue weighted by molar-refractivity contribution is 7.92. The van der Waals surface area contributed by atoms with Crippen molar-refractivity contribution in [2.45, 2.75) is 44.4 Å². The third-order valence-electron chi connectivity index (χ3n) is 4.45. The van der Waals surface area contributed by atoms with Crippen LogP contribution in [0.5, 0.6) is 0 Å². The molecule has 3 rings (SSSR count). The molecule has 2 heterocycles. The average Bonchev–Trinajstić information content (AvgIpc) is 2.87. The summed E-state index contributed by atoms with van der Waals surface area (Å²) in [5.74, 6) is 1.04. The highest BCUT2D eigenvalue weighted by atomic mass is 32.2. The van der Waals surface area contributed by atoms with Crippen molar-refractivity contribution in [2.24, 2.45) is 0 Å². The molecule has 25 heavy (non-hydrogen) atoms. The summed E-state index contributed by atoms with van der Waals surface area (Å²) in [4.78, 5) is 2.48. The van der Waals surface area contributed by atoms with Crippen LogP contribution in [0, 0.1) is 13.8 Å². The van der Waals surface area contributed by atoms with Crippen molar-refractivity contribution in [3.63, 3.8) is 0 Å². The molecule has 1 aliphatic rings. The number of hydrogen-bond donors (Lipinski definition) is 1. The number of rotatable bonds is 4. The number of nitrogens with one attached hydrogen (secondary N) is 1. The first-order valence-corrected chi connectivity index (χ1v) is 10.1. The Labute approximate surface area is 149 Å². The Kier molecular flexibility index (Phi) is 5.22. The van der Waals surface area contributed by atoms with Crippen LogP contribution in [0.4, 0.5) is 11.6 Å². The molecule has 134 valence electrons. The molecule has 1 fully saturated rings. The zero-order valence-corrected chi connectivity index (χ0v) is 15.5. The summed E-state index contributed by atoms with van der Waals surface area (Å²) >= 11 is 0. The van der Waals surface area contributed by atoms with Crippen LogP contribution in [-0.2, 0) is 10.0 Å². The van der Waals surface area contributed by atoms with Crippen molar-refractivity contribution >= 4 is 21.7 Å². The van der Waals surface area contributed by atoms with Gasteiger partial charge in [-0.05, 0) is 56.0 Å². The molecule has 1 N–H and O–H groups in total. The summed E-state index contributed by atoms with van der Waals surface area (Å²) in [6, 6.07) is 8.87. The largest absolute Gasteiger partial charge is 0.355 e. The van der Waals surface area contributed by atoms with Crippen LogP contribution in [0.25, 0.3) is 0 Å². The van der Waals surface area contributed by atoms with E-state index >= 15 is 0 Å². The predicted molar refractivity (Wildman–Crippen MR) is 99.4 cm³/mol. The minimum Gasteiger partial charge on any atom is -0.355 e. The summed E-state index contributed by atoms with van der Waals surface area (Å²) < 4.78 is 27.8. The quantitative estimate of drug-likeness (QED) is 0.906. The molecule has 0 unspecified atom stereocenters. The first kappa shape index (κ1) is 17.7. The molecular weight excluding hydrogens is 336 g/mol. The fourth-order valence-electron chi connectivity index (χ4n) is 3.04. The lowest BCUT2D eigenvalue weighted by molar-refractivity contribution is 0.600. The highest BCUT2D eigenvalue weighted by Crippen LogP contribution is 2.21. The maximum atomic E-state index is 12.6.